The van der Waals surface area contributed by atoms with Gasteiger partial charge >= 0.3 is 0 Å². The number of aliphatic hydroxyl groups is 1. The van der Waals surface area contributed by atoms with Gasteiger partial charge in [-0.1, -0.05) is 0 Å². The first-order chi connectivity index (χ1) is 6.67. The summed E-state index contributed by atoms with van der Waals surface area (Å²) >= 11 is 5.30. The molecular weight excluding hydrogens is 210 g/mol. The highest BCUT2D eigenvalue weighted by Crippen LogP contribution is 2.11. The molecule has 0 aromatic carbocycles. The molecule has 80 valence electrons. The SMILES string of the molecule is COC1=C[C@@H](O)[C@H](NC(=O)CCl)CO1. The summed E-state index contributed by atoms with van der Waals surface area (Å²) in [5.74, 6) is -0.216. The number of alkyl halides is 1. The molecule has 0 aromatic heterocycles. The molecular formula is C8H12ClNO4. The Morgan fingerprint density at radius 1 is 1.93 bits per heavy atom. The van der Waals surface area contributed by atoms with Gasteiger partial charge in [-0.15, -0.1) is 11.6 Å². The van der Waals surface area contributed by atoms with Crippen molar-refractivity contribution in [2.75, 3.05) is 19.6 Å². The zero-order chi connectivity index (χ0) is 10.6. The Morgan fingerprint density at radius 2 is 2.64 bits per heavy atom. The predicted molar refractivity (Wildman–Crippen MR) is 49.7 cm³/mol. The topological polar surface area (TPSA) is 67.8 Å². The van der Waals surface area contributed by atoms with Gasteiger partial charge in [-0.25, -0.2) is 0 Å². The highest BCUT2D eigenvalue weighted by atomic mass is 35.5. The summed E-state index contributed by atoms with van der Waals surface area (Å²) in [6, 6.07) is -0.472. The predicted octanol–water partition coefficient (Wildman–Crippen LogP) is -0.411. The van der Waals surface area contributed by atoms with Gasteiger partial charge in [0.1, 0.15) is 18.6 Å². The minimum Gasteiger partial charge on any atom is -0.469 e. The van der Waals surface area contributed by atoms with Gasteiger partial charge in [0.25, 0.3) is 5.95 Å². The smallest absolute Gasteiger partial charge is 0.277 e. The van der Waals surface area contributed by atoms with Crippen LogP contribution in [0.5, 0.6) is 0 Å². The standard InChI is InChI=1S/C8H12ClNO4/c1-13-8-2-6(11)5(4-14-8)10-7(12)3-9/h2,5-6,11H,3-4H2,1H3,(H,10,12)/t5-,6-/m1/s1. The number of hydrogen-bond donors (Lipinski definition) is 2. The van der Waals surface area contributed by atoms with Crippen molar-refractivity contribution >= 4 is 17.5 Å². The van der Waals surface area contributed by atoms with Crippen LogP contribution in [0, 0.1) is 0 Å². The molecule has 5 nitrogen and oxygen atoms in total. The molecule has 0 aliphatic carbocycles. The Hall–Kier alpha value is -0.940. The number of aliphatic hydroxyl groups excluding tert-OH is 1. The van der Waals surface area contributed by atoms with Gasteiger partial charge in [0.05, 0.1) is 13.2 Å². The van der Waals surface area contributed by atoms with Gasteiger partial charge in [0.2, 0.25) is 5.91 Å². The van der Waals surface area contributed by atoms with Crippen LogP contribution in [0.1, 0.15) is 0 Å². The van der Waals surface area contributed by atoms with Crippen molar-refractivity contribution < 1.29 is 19.4 Å². The zero-order valence-corrected chi connectivity index (χ0v) is 8.45. The van der Waals surface area contributed by atoms with E-state index in [2.05, 4.69) is 5.32 Å². The molecule has 0 bridgehead atoms. The number of carbonyl (C=O) groups is 1. The molecule has 14 heavy (non-hydrogen) atoms. The van der Waals surface area contributed by atoms with Gasteiger partial charge in [-0.2, -0.15) is 0 Å². The summed E-state index contributed by atoms with van der Waals surface area (Å²) in [7, 11) is 1.44. The molecule has 0 spiro atoms. The molecule has 0 unspecified atom stereocenters. The number of halogens is 1. The number of ether oxygens (including phenoxy) is 2. The Morgan fingerprint density at radius 3 is 3.14 bits per heavy atom. The Balaban J connectivity index is 2.50. The number of rotatable bonds is 3. The zero-order valence-electron chi connectivity index (χ0n) is 7.70. The second-order valence-electron chi connectivity index (χ2n) is 2.80. The molecule has 2 atom stereocenters. The van der Waals surface area contributed by atoms with Crippen LogP contribution in [0.25, 0.3) is 0 Å². The van der Waals surface area contributed by atoms with Crippen LogP contribution < -0.4 is 5.32 Å². The third kappa shape index (κ3) is 2.78. The largest absolute Gasteiger partial charge is 0.469 e. The first-order valence-electron chi connectivity index (χ1n) is 4.09. The maximum atomic E-state index is 10.9. The van der Waals surface area contributed by atoms with Crippen molar-refractivity contribution in [3.05, 3.63) is 12.0 Å². The van der Waals surface area contributed by atoms with Crippen LogP contribution in [0.3, 0.4) is 0 Å². The molecule has 0 radical (unpaired) electrons. The van der Waals surface area contributed by atoms with Crippen molar-refractivity contribution in [3.8, 4) is 0 Å². The van der Waals surface area contributed by atoms with Gasteiger partial charge in [0, 0.05) is 6.08 Å². The third-order valence-electron chi connectivity index (χ3n) is 1.79. The van der Waals surface area contributed by atoms with Gasteiger partial charge in [-0.3, -0.25) is 4.79 Å². The second kappa shape index (κ2) is 5.07. The average Bonchev–Trinajstić information content (AvgIpc) is 2.20. The molecule has 1 aliphatic rings. The van der Waals surface area contributed by atoms with Crippen LogP contribution in [0.15, 0.2) is 12.0 Å². The molecule has 6 heteroatoms. The molecule has 0 saturated carbocycles. The first kappa shape index (κ1) is 11.1. The highest BCUT2D eigenvalue weighted by Gasteiger charge is 2.25. The normalized spacial score (nSPS) is 26.1. The van der Waals surface area contributed by atoms with E-state index in [4.69, 9.17) is 21.1 Å². The minimum absolute atomic E-state index is 0.135. The van der Waals surface area contributed by atoms with Crippen LogP contribution >= 0.6 is 11.6 Å². The summed E-state index contributed by atoms with van der Waals surface area (Å²) in [5.41, 5.74) is 0. The van der Waals surface area contributed by atoms with Crippen molar-refractivity contribution in [2.45, 2.75) is 12.1 Å². The van der Waals surface area contributed by atoms with E-state index in [-0.39, 0.29) is 24.3 Å². The summed E-state index contributed by atoms with van der Waals surface area (Å²) < 4.78 is 9.86. The fourth-order valence-electron chi connectivity index (χ4n) is 1.07. The number of nitrogens with one attached hydrogen (secondary N) is 1. The van der Waals surface area contributed by atoms with Crippen molar-refractivity contribution in [1.82, 2.24) is 5.32 Å². The van der Waals surface area contributed by atoms with Crippen LogP contribution in [0.4, 0.5) is 0 Å². The molecule has 0 saturated heterocycles. The monoisotopic (exact) mass is 221 g/mol. The van der Waals surface area contributed by atoms with Crippen molar-refractivity contribution in [3.63, 3.8) is 0 Å². The van der Waals surface area contributed by atoms with E-state index in [1.807, 2.05) is 0 Å². The lowest BCUT2D eigenvalue weighted by atomic mass is 10.1. The lowest BCUT2D eigenvalue weighted by molar-refractivity contribution is -0.121. The number of hydrogen-bond acceptors (Lipinski definition) is 4. The fraction of sp³-hybridized carbons (Fsp3) is 0.625. The van der Waals surface area contributed by atoms with Crippen molar-refractivity contribution in [1.29, 1.82) is 0 Å². The Labute approximate surface area is 86.6 Å². The summed E-state index contributed by atoms with van der Waals surface area (Å²) in [4.78, 5) is 10.9. The minimum atomic E-state index is -0.814. The maximum absolute atomic E-state index is 10.9. The molecule has 0 aromatic rings. The first-order valence-corrected chi connectivity index (χ1v) is 4.63. The fourth-order valence-corrected chi connectivity index (χ4v) is 1.15. The van der Waals surface area contributed by atoms with Crippen LogP contribution in [-0.4, -0.2) is 42.8 Å². The maximum Gasteiger partial charge on any atom is 0.277 e. The van der Waals surface area contributed by atoms with Gasteiger partial charge < -0.3 is 19.9 Å². The summed E-state index contributed by atoms with van der Waals surface area (Å²) in [6.07, 6.45) is 0.578. The van der Waals surface area contributed by atoms with E-state index in [0.717, 1.165) is 0 Å². The Bertz CT molecular complexity index is 243. The Kier molecular flexibility index (Phi) is 4.03. The van der Waals surface area contributed by atoms with Crippen molar-refractivity contribution in [2.24, 2.45) is 0 Å². The highest BCUT2D eigenvalue weighted by molar-refractivity contribution is 6.27. The third-order valence-corrected chi connectivity index (χ3v) is 2.04. The number of carbonyl (C=O) groups excluding carboxylic acids is 1. The summed E-state index contributed by atoms with van der Waals surface area (Å²) in [6.45, 7) is 0.170. The molecule has 1 rings (SSSR count). The molecule has 2 N–H and O–H groups in total. The molecule has 1 amide bonds. The molecule has 1 heterocycles. The van der Waals surface area contributed by atoms with E-state index < -0.39 is 12.1 Å². The molecule has 1 aliphatic heterocycles. The number of amides is 1. The molecule has 0 fully saturated rings. The van der Waals surface area contributed by atoms with Gasteiger partial charge in [-0.05, 0) is 0 Å². The van der Waals surface area contributed by atoms with E-state index in [0.29, 0.717) is 0 Å². The lowest BCUT2D eigenvalue weighted by Crippen LogP contribution is -2.48. The second-order valence-corrected chi connectivity index (χ2v) is 3.07. The quantitative estimate of drug-likeness (QED) is 0.636. The van der Waals surface area contributed by atoms with Gasteiger partial charge in [0.15, 0.2) is 0 Å². The summed E-state index contributed by atoms with van der Waals surface area (Å²) in [5, 5.41) is 12.0. The van der Waals surface area contributed by atoms with Crippen LogP contribution in [0.2, 0.25) is 0 Å². The lowest BCUT2D eigenvalue weighted by Gasteiger charge is -2.26. The van der Waals surface area contributed by atoms with E-state index >= 15 is 0 Å². The van der Waals surface area contributed by atoms with E-state index in [9.17, 15) is 9.90 Å². The van der Waals surface area contributed by atoms with E-state index in [1.165, 1.54) is 13.2 Å². The van der Waals surface area contributed by atoms with E-state index in [1.54, 1.807) is 0 Å². The van der Waals surface area contributed by atoms with Crippen LogP contribution in [-0.2, 0) is 14.3 Å². The average molecular weight is 222 g/mol. The number of methoxy groups -OCH3 is 1.